The van der Waals surface area contributed by atoms with Crippen LogP contribution in [-0.2, 0) is 22.3 Å². The highest BCUT2D eigenvalue weighted by molar-refractivity contribution is 5.80. The number of alkyl halides is 3. The molecule has 2 amide bonds. The minimum absolute atomic E-state index is 0.0202. The molecule has 1 aliphatic heterocycles. The van der Waals surface area contributed by atoms with Crippen LogP contribution in [-0.4, -0.2) is 40.8 Å². The molecule has 0 spiro atoms. The molecule has 1 saturated heterocycles. The number of carbonyl (C=O) groups is 2. The van der Waals surface area contributed by atoms with Crippen molar-refractivity contribution in [2.24, 2.45) is 0 Å². The number of hydrogen-bond donors (Lipinski definition) is 3. The molecule has 0 radical (unpaired) electrons. The van der Waals surface area contributed by atoms with Gasteiger partial charge in [0.2, 0.25) is 5.91 Å². The number of ether oxygens (including phenoxy) is 1. The number of carbonyl (C=O) groups excluding carboxylic acids is 1. The van der Waals surface area contributed by atoms with E-state index >= 15 is 0 Å². The van der Waals surface area contributed by atoms with Crippen LogP contribution in [0.2, 0.25) is 0 Å². The number of carboxylic acid groups (broad SMARTS) is 1. The van der Waals surface area contributed by atoms with E-state index in [1.165, 1.54) is 6.07 Å². The zero-order valence-electron chi connectivity index (χ0n) is 12.5. The van der Waals surface area contributed by atoms with Crippen LogP contribution in [0.3, 0.4) is 0 Å². The lowest BCUT2D eigenvalue weighted by molar-refractivity contribution is -0.138. The predicted octanol–water partition coefficient (Wildman–Crippen LogP) is 1.53. The van der Waals surface area contributed by atoms with Gasteiger partial charge in [0.15, 0.2) is 0 Å². The summed E-state index contributed by atoms with van der Waals surface area (Å²) in [7, 11) is 0. The molecule has 2 heterocycles. The molecule has 1 aromatic rings. The van der Waals surface area contributed by atoms with Crippen molar-refractivity contribution in [2.45, 2.75) is 37.7 Å². The summed E-state index contributed by atoms with van der Waals surface area (Å²) in [6.07, 6.45) is -4.81. The summed E-state index contributed by atoms with van der Waals surface area (Å²) in [6.45, 7) is 0.0660. The Morgan fingerprint density at radius 3 is 2.58 bits per heavy atom. The van der Waals surface area contributed by atoms with Crippen LogP contribution in [0.1, 0.15) is 24.1 Å². The van der Waals surface area contributed by atoms with E-state index in [0.29, 0.717) is 19.0 Å². The molecule has 10 heteroatoms. The van der Waals surface area contributed by atoms with E-state index in [4.69, 9.17) is 9.84 Å². The molecule has 1 fully saturated rings. The molecule has 1 aromatic heterocycles. The van der Waals surface area contributed by atoms with Gasteiger partial charge in [0.05, 0.1) is 30.5 Å². The molecule has 0 aromatic carbocycles. The summed E-state index contributed by atoms with van der Waals surface area (Å²) in [4.78, 5) is 26.1. The van der Waals surface area contributed by atoms with Crippen LogP contribution in [0.5, 0.6) is 0 Å². The first-order valence-corrected chi connectivity index (χ1v) is 7.16. The number of nitrogens with one attached hydrogen (secondary N) is 2. The molecular weight excluding hydrogens is 331 g/mol. The average molecular weight is 347 g/mol. The highest BCUT2D eigenvalue weighted by atomic mass is 19.4. The van der Waals surface area contributed by atoms with Crippen molar-refractivity contribution in [3.63, 3.8) is 0 Å². The highest BCUT2D eigenvalue weighted by Crippen LogP contribution is 2.28. The second-order valence-corrected chi connectivity index (χ2v) is 5.30. The van der Waals surface area contributed by atoms with Crippen LogP contribution in [0, 0.1) is 0 Å². The zero-order chi connectivity index (χ0) is 17.7. The summed E-state index contributed by atoms with van der Waals surface area (Å²) in [6, 6.07) is 1.73. The van der Waals surface area contributed by atoms with Crippen molar-refractivity contribution in [1.82, 2.24) is 15.6 Å². The Balaban J connectivity index is 1.78. The van der Waals surface area contributed by atoms with Crippen LogP contribution in [0.4, 0.5) is 18.0 Å². The summed E-state index contributed by atoms with van der Waals surface area (Å²) < 4.78 is 42.6. The summed E-state index contributed by atoms with van der Waals surface area (Å²) in [5, 5.41) is 13.4. The molecule has 0 unspecified atom stereocenters. The first-order chi connectivity index (χ1) is 11.3. The molecule has 2 rings (SSSR count). The van der Waals surface area contributed by atoms with Crippen LogP contribution in [0.25, 0.3) is 0 Å². The fourth-order valence-electron chi connectivity index (χ4n) is 2.24. The SMILES string of the molecule is O=C(O)N[C@@H]1CC[C@@H](C(=O)NCc2ccc(C(F)(F)F)cn2)OC1. The first kappa shape index (κ1) is 18.0. The van der Waals surface area contributed by atoms with Gasteiger partial charge in [-0.2, -0.15) is 13.2 Å². The Morgan fingerprint density at radius 1 is 1.33 bits per heavy atom. The van der Waals surface area contributed by atoms with Crippen molar-refractivity contribution in [3.05, 3.63) is 29.6 Å². The smallest absolute Gasteiger partial charge is 0.417 e. The van der Waals surface area contributed by atoms with Gasteiger partial charge in [0.1, 0.15) is 6.10 Å². The van der Waals surface area contributed by atoms with Crippen molar-refractivity contribution in [2.75, 3.05) is 6.61 Å². The summed E-state index contributed by atoms with van der Waals surface area (Å²) >= 11 is 0. The molecule has 24 heavy (non-hydrogen) atoms. The first-order valence-electron chi connectivity index (χ1n) is 7.16. The number of hydrogen-bond acceptors (Lipinski definition) is 4. The van der Waals surface area contributed by atoms with Crippen LogP contribution in [0.15, 0.2) is 18.3 Å². The monoisotopic (exact) mass is 347 g/mol. The Morgan fingerprint density at radius 2 is 2.08 bits per heavy atom. The largest absolute Gasteiger partial charge is 0.465 e. The lowest BCUT2D eigenvalue weighted by Crippen LogP contribution is -2.46. The second-order valence-electron chi connectivity index (χ2n) is 5.30. The van der Waals surface area contributed by atoms with Gasteiger partial charge >= 0.3 is 12.3 Å². The number of pyridine rings is 1. The van der Waals surface area contributed by atoms with E-state index in [0.717, 1.165) is 6.07 Å². The van der Waals surface area contributed by atoms with Crippen LogP contribution >= 0.6 is 0 Å². The maximum absolute atomic E-state index is 12.4. The maximum Gasteiger partial charge on any atom is 0.417 e. The van der Waals surface area contributed by atoms with E-state index in [9.17, 15) is 22.8 Å². The highest BCUT2D eigenvalue weighted by Gasteiger charge is 2.31. The lowest BCUT2D eigenvalue weighted by atomic mass is 10.0. The van der Waals surface area contributed by atoms with E-state index in [2.05, 4.69) is 15.6 Å². The van der Waals surface area contributed by atoms with E-state index in [-0.39, 0.29) is 24.9 Å². The third-order valence-corrected chi connectivity index (χ3v) is 3.49. The third-order valence-electron chi connectivity index (χ3n) is 3.49. The van der Waals surface area contributed by atoms with Gasteiger partial charge in [-0.15, -0.1) is 0 Å². The normalized spacial score (nSPS) is 21.1. The Bertz CT molecular complexity index is 584. The van der Waals surface area contributed by atoms with Gasteiger partial charge < -0.3 is 20.5 Å². The van der Waals surface area contributed by atoms with Crippen molar-refractivity contribution >= 4 is 12.0 Å². The van der Waals surface area contributed by atoms with Crippen molar-refractivity contribution in [3.8, 4) is 0 Å². The molecule has 2 atom stereocenters. The van der Waals surface area contributed by atoms with Gasteiger partial charge in [-0.25, -0.2) is 4.79 Å². The zero-order valence-corrected chi connectivity index (χ0v) is 12.5. The number of halogens is 3. The van der Waals surface area contributed by atoms with Crippen molar-refractivity contribution in [1.29, 1.82) is 0 Å². The lowest BCUT2D eigenvalue weighted by Gasteiger charge is -2.28. The van der Waals surface area contributed by atoms with Gasteiger partial charge in [0, 0.05) is 6.20 Å². The quantitative estimate of drug-likeness (QED) is 0.767. The molecule has 1 aliphatic rings. The fourth-order valence-corrected chi connectivity index (χ4v) is 2.24. The predicted molar refractivity (Wildman–Crippen MR) is 75.0 cm³/mol. The Labute approximate surface area is 135 Å². The minimum atomic E-state index is -4.45. The Hall–Kier alpha value is -2.36. The molecule has 0 saturated carbocycles. The number of amides is 2. The van der Waals surface area contributed by atoms with E-state index in [1.807, 2.05) is 0 Å². The second kappa shape index (κ2) is 7.47. The topological polar surface area (TPSA) is 101 Å². The fraction of sp³-hybridized carbons (Fsp3) is 0.500. The number of nitrogens with zero attached hydrogens (tertiary/aromatic N) is 1. The Kier molecular flexibility index (Phi) is 5.60. The third kappa shape index (κ3) is 5.08. The minimum Gasteiger partial charge on any atom is -0.465 e. The summed E-state index contributed by atoms with van der Waals surface area (Å²) in [5.74, 6) is -0.412. The molecule has 0 aliphatic carbocycles. The standard InChI is InChI=1S/C14H16F3N3O4/c15-14(16,17)8-1-2-9(18-5-8)6-19-12(21)11-4-3-10(7-24-11)20-13(22)23/h1-2,5,10-11,20H,3-4,6-7H2,(H,19,21)(H,22,23)/t10-,11+/m1/s1. The summed E-state index contributed by atoms with van der Waals surface area (Å²) in [5.41, 5.74) is -0.567. The number of aromatic nitrogens is 1. The van der Waals surface area contributed by atoms with Gasteiger partial charge in [0.25, 0.3) is 0 Å². The van der Waals surface area contributed by atoms with Gasteiger partial charge in [-0.05, 0) is 25.0 Å². The molecule has 3 N–H and O–H groups in total. The van der Waals surface area contributed by atoms with Crippen LogP contribution < -0.4 is 10.6 Å². The molecular formula is C14H16F3N3O4. The molecule has 0 bridgehead atoms. The van der Waals surface area contributed by atoms with Gasteiger partial charge in [-0.1, -0.05) is 0 Å². The molecule has 132 valence electrons. The van der Waals surface area contributed by atoms with Gasteiger partial charge in [-0.3, -0.25) is 9.78 Å². The molecule has 7 nitrogen and oxygen atoms in total. The maximum atomic E-state index is 12.4. The number of rotatable bonds is 4. The van der Waals surface area contributed by atoms with E-state index < -0.39 is 29.8 Å². The average Bonchev–Trinajstić information content (AvgIpc) is 2.52. The van der Waals surface area contributed by atoms with E-state index in [1.54, 1.807) is 0 Å². The van der Waals surface area contributed by atoms with Crippen molar-refractivity contribution < 1.29 is 32.6 Å².